The van der Waals surface area contributed by atoms with Crippen LogP contribution in [0, 0.1) is 0 Å². The number of halogens is 2. The topological polar surface area (TPSA) is 48.1 Å². The number of hydrogen-bond donors (Lipinski definition) is 1. The van der Waals surface area contributed by atoms with Gasteiger partial charge in [-0.3, -0.25) is 0 Å². The molecule has 0 aliphatic carbocycles. The van der Waals surface area contributed by atoms with Crippen LogP contribution in [0.5, 0.6) is 5.75 Å². The predicted molar refractivity (Wildman–Crippen MR) is 93.8 cm³/mol. The maximum atomic E-state index is 12.4. The molecule has 0 saturated carbocycles. The number of benzene rings is 2. The van der Waals surface area contributed by atoms with Crippen LogP contribution in [0.3, 0.4) is 0 Å². The molecule has 0 unspecified atom stereocenters. The van der Waals surface area contributed by atoms with Crippen LogP contribution in [-0.4, -0.2) is 18.1 Å². The fraction of sp³-hybridized carbons (Fsp3) is 0.118. The Kier molecular flexibility index (Phi) is 4.91. The van der Waals surface area contributed by atoms with Gasteiger partial charge < -0.3 is 10.5 Å². The summed E-state index contributed by atoms with van der Waals surface area (Å²) in [6.07, 6.45) is 0.487. The standard InChI is InChI=1S/C17H14ClFN2OS/c18-13-3-6-15-16(7-13)23-17(21-15)12-1-4-14(5-2-12)22-10-11(8-19)9-20/h1-8H,9-10,20H2/b11-8-. The molecule has 118 valence electrons. The fourth-order valence-corrected chi connectivity index (χ4v) is 3.27. The zero-order valence-electron chi connectivity index (χ0n) is 12.1. The number of ether oxygens (including phenoxy) is 1. The monoisotopic (exact) mass is 348 g/mol. The van der Waals surface area contributed by atoms with Gasteiger partial charge in [0.1, 0.15) is 17.4 Å². The van der Waals surface area contributed by atoms with Crippen LogP contribution in [-0.2, 0) is 0 Å². The Labute approximate surface area is 142 Å². The van der Waals surface area contributed by atoms with E-state index in [0.29, 0.717) is 22.7 Å². The van der Waals surface area contributed by atoms with Gasteiger partial charge in [-0.05, 0) is 42.5 Å². The Hall–Kier alpha value is -1.95. The molecule has 0 saturated heterocycles. The molecule has 2 aromatic carbocycles. The summed E-state index contributed by atoms with van der Waals surface area (Å²) in [5.41, 5.74) is 7.73. The summed E-state index contributed by atoms with van der Waals surface area (Å²) >= 11 is 7.59. The molecule has 0 fully saturated rings. The fourth-order valence-electron chi connectivity index (χ4n) is 2.03. The van der Waals surface area contributed by atoms with E-state index in [9.17, 15) is 4.39 Å². The number of hydrogen-bond acceptors (Lipinski definition) is 4. The molecule has 0 bridgehead atoms. The number of aromatic nitrogens is 1. The second-order valence-electron chi connectivity index (χ2n) is 4.92. The number of thiazole rings is 1. The van der Waals surface area contributed by atoms with Crippen LogP contribution < -0.4 is 10.5 Å². The van der Waals surface area contributed by atoms with Crippen LogP contribution >= 0.6 is 22.9 Å². The maximum Gasteiger partial charge on any atom is 0.124 e. The molecule has 1 aromatic heterocycles. The van der Waals surface area contributed by atoms with Gasteiger partial charge in [0.15, 0.2) is 0 Å². The van der Waals surface area contributed by atoms with Crippen molar-refractivity contribution in [2.45, 2.75) is 0 Å². The molecule has 3 rings (SSSR count). The molecular weight excluding hydrogens is 335 g/mol. The lowest BCUT2D eigenvalue weighted by Gasteiger charge is -2.07. The molecule has 0 aliphatic rings. The third kappa shape index (κ3) is 3.69. The van der Waals surface area contributed by atoms with E-state index in [1.807, 2.05) is 42.5 Å². The second kappa shape index (κ2) is 7.08. The highest BCUT2D eigenvalue weighted by atomic mass is 35.5. The van der Waals surface area contributed by atoms with Gasteiger partial charge in [0.2, 0.25) is 0 Å². The molecule has 2 N–H and O–H groups in total. The summed E-state index contributed by atoms with van der Waals surface area (Å²) in [6, 6.07) is 13.2. The summed E-state index contributed by atoms with van der Waals surface area (Å²) < 4.78 is 19.0. The Bertz CT molecular complexity index is 845. The predicted octanol–water partition coefficient (Wildman–Crippen LogP) is 4.81. The van der Waals surface area contributed by atoms with Gasteiger partial charge in [-0.25, -0.2) is 9.37 Å². The Morgan fingerprint density at radius 2 is 2.04 bits per heavy atom. The average Bonchev–Trinajstić information content (AvgIpc) is 2.99. The largest absolute Gasteiger partial charge is 0.489 e. The first kappa shape index (κ1) is 15.9. The Balaban J connectivity index is 1.78. The lowest BCUT2D eigenvalue weighted by Crippen LogP contribution is -2.10. The smallest absolute Gasteiger partial charge is 0.124 e. The molecule has 1 heterocycles. The van der Waals surface area contributed by atoms with Gasteiger partial charge in [-0.1, -0.05) is 11.6 Å². The van der Waals surface area contributed by atoms with Gasteiger partial charge in [0.05, 0.1) is 16.5 Å². The van der Waals surface area contributed by atoms with Crippen LogP contribution in [0.25, 0.3) is 20.8 Å². The molecular formula is C17H14ClFN2OS. The summed E-state index contributed by atoms with van der Waals surface area (Å²) in [4.78, 5) is 4.60. The highest BCUT2D eigenvalue weighted by Gasteiger charge is 2.07. The van der Waals surface area contributed by atoms with Crippen molar-refractivity contribution in [1.29, 1.82) is 0 Å². The van der Waals surface area contributed by atoms with E-state index >= 15 is 0 Å². The van der Waals surface area contributed by atoms with E-state index in [1.165, 1.54) is 0 Å². The lowest BCUT2D eigenvalue weighted by molar-refractivity contribution is 0.347. The van der Waals surface area contributed by atoms with Gasteiger partial charge >= 0.3 is 0 Å². The first-order valence-electron chi connectivity index (χ1n) is 6.97. The SMILES string of the molecule is NC/C(=C/F)COc1ccc(-c2nc3ccc(Cl)cc3s2)cc1. The Morgan fingerprint density at radius 1 is 1.26 bits per heavy atom. The minimum atomic E-state index is 0.142. The van der Waals surface area contributed by atoms with E-state index in [2.05, 4.69) is 4.98 Å². The molecule has 0 radical (unpaired) electrons. The van der Waals surface area contributed by atoms with E-state index in [0.717, 1.165) is 20.8 Å². The average molecular weight is 349 g/mol. The van der Waals surface area contributed by atoms with Crippen molar-refractivity contribution in [2.24, 2.45) is 5.73 Å². The van der Waals surface area contributed by atoms with Crippen molar-refractivity contribution in [1.82, 2.24) is 4.98 Å². The summed E-state index contributed by atoms with van der Waals surface area (Å²) in [7, 11) is 0. The minimum absolute atomic E-state index is 0.142. The van der Waals surface area contributed by atoms with Gasteiger partial charge in [0, 0.05) is 22.7 Å². The van der Waals surface area contributed by atoms with Crippen molar-refractivity contribution in [3.8, 4) is 16.3 Å². The van der Waals surface area contributed by atoms with Crippen LogP contribution in [0.1, 0.15) is 0 Å². The number of fused-ring (bicyclic) bond motifs is 1. The van der Waals surface area contributed by atoms with Crippen LogP contribution in [0.15, 0.2) is 54.4 Å². The number of nitrogens with zero attached hydrogens (tertiary/aromatic N) is 1. The molecule has 0 spiro atoms. The first-order chi connectivity index (χ1) is 11.2. The summed E-state index contributed by atoms with van der Waals surface area (Å²) in [6.45, 7) is 0.287. The zero-order chi connectivity index (χ0) is 16.2. The number of nitrogens with two attached hydrogens (primary N) is 1. The van der Waals surface area contributed by atoms with E-state index in [1.54, 1.807) is 11.3 Å². The minimum Gasteiger partial charge on any atom is -0.489 e. The van der Waals surface area contributed by atoms with Crippen LogP contribution in [0.2, 0.25) is 5.02 Å². The van der Waals surface area contributed by atoms with Crippen molar-refractivity contribution in [3.63, 3.8) is 0 Å². The van der Waals surface area contributed by atoms with Crippen molar-refractivity contribution < 1.29 is 9.13 Å². The molecule has 0 amide bonds. The Morgan fingerprint density at radius 3 is 2.74 bits per heavy atom. The zero-order valence-corrected chi connectivity index (χ0v) is 13.7. The lowest BCUT2D eigenvalue weighted by atomic mass is 10.2. The van der Waals surface area contributed by atoms with Crippen molar-refractivity contribution in [3.05, 3.63) is 59.4 Å². The van der Waals surface area contributed by atoms with Gasteiger partial charge in [0.25, 0.3) is 0 Å². The highest BCUT2D eigenvalue weighted by Crippen LogP contribution is 2.32. The normalized spacial score (nSPS) is 11.9. The second-order valence-corrected chi connectivity index (χ2v) is 6.38. The third-order valence-corrected chi connectivity index (χ3v) is 4.59. The molecule has 23 heavy (non-hydrogen) atoms. The van der Waals surface area contributed by atoms with Crippen LogP contribution in [0.4, 0.5) is 4.39 Å². The molecule has 3 aromatic rings. The molecule has 0 aliphatic heterocycles. The summed E-state index contributed by atoms with van der Waals surface area (Å²) in [5, 5.41) is 1.62. The highest BCUT2D eigenvalue weighted by molar-refractivity contribution is 7.21. The molecule has 3 nitrogen and oxygen atoms in total. The summed E-state index contributed by atoms with van der Waals surface area (Å²) in [5.74, 6) is 0.658. The quantitative estimate of drug-likeness (QED) is 0.720. The van der Waals surface area contributed by atoms with Crippen molar-refractivity contribution in [2.75, 3.05) is 13.2 Å². The van der Waals surface area contributed by atoms with Gasteiger partial charge in [-0.15, -0.1) is 11.3 Å². The maximum absolute atomic E-state index is 12.4. The van der Waals surface area contributed by atoms with Crippen molar-refractivity contribution >= 4 is 33.2 Å². The van der Waals surface area contributed by atoms with E-state index in [-0.39, 0.29) is 13.2 Å². The van der Waals surface area contributed by atoms with E-state index in [4.69, 9.17) is 22.1 Å². The number of rotatable bonds is 5. The first-order valence-corrected chi connectivity index (χ1v) is 8.16. The third-order valence-electron chi connectivity index (χ3n) is 3.29. The van der Waals surface area contributed by atoms with E-state index < -0.39 is 0 Å². The molecule has 6 heteroatoms. The molecule has 0 atom stereocenters. The van der Waals surface area contributed by atoms with Gasteiger partial charge in [-0.2, -0.15) is 0 Å².